The van der Waals surface area contributed by atoms with E-state index in [-0.39, 0.29) is 11.3 Å². The highest BCUT2D eigenvalue weighted by Gasteiger charge is 2.29. The summed E-state index contributed by atoms with van der Waals surface area (Å²) < 4.78 is 0. The van der Waals surface area contributed by atoms with Crippen molar-refractivity contribution in [1.29, 1.82) is 0 Å². The summed E-state index contributed by atoms with van der Waals surface area (Å²) in [4.78, 5) is 11.1. The van der Waals surface area contributed by atoms with Gasteiger partial charge in [0.05, 0.1) is 5.92 Å². The topological polar surface area (TPSA) is 37.3 Å². The lowest BCUT2D eigenvalue weighted by Gasteiger charge is -2.20. The van der Waals surface area contributed by atoms with Gasteiger partial charge in [-0.2, -0.15) is 0 Å². The number of hydrogen-bond acceptors (Lipinski definition) is 1. The molecule has 0 aromatic heterocycles. The van der Waals surface area contributed by atoms with E-state index >= 15 is 0 Å². The quantitative estimate of drug-likeness (QED) is 0.786. The summed E-state index contributed by atoms with van der Waals surface area (Å²) in [6.07, 6.45) is 1.65. The van der Waals surface area contributed by atoms with Gasteiger partial charge in [0, 0.05) is 0 Å². The first-order valence-electron chi connectivity index (χ1n) is 5.75. The molecule has 0 radical (unpaired) electrons. The van der Waals surface area contributed by atoms with Crippen LogP contribution in [0.5, 0.6) is 0 Å². The fraction of sp³-hybridized carbons (Fsp3) is 0.500. The molecule has 0 saturated heterocycles. The maximum absolute atomic E-state index is 11.1. The third-order valence-electron chi connectivity index (χ3n) is 3.39. The molecule has 1 N–H and O–H groups in total. The lowest BCUT2D eigenvalue weighted by Crippen LogP contribution is -2.13. The highest BCUT2D eigenvalue weighted by Crippen LogP contribution is 2.36. The van der Waals surface area contributed by atoms with Crippen molar-refractivity contribution in [3.63, 3.8) is 0 Å². The number of carboxylic acids is 1. The van der Waals surface area contributed by atoms with E-state index in [9.17, 15) is 4.79 Å². The van der Waals surface area contributed by atoms with Crippen molar-refractivity contribution in [2.75, 3.05) is 0 Å². The van der Waals surface area contributed by atoms with Crippen molar-refractivity contribution >= 4 is 5.97 Å². The molecule has 2 nitrogen and oxygen atoms in total. The molecule has 1 atom stereocenters. The van der Waals surface area contributed by atoms with Crippen LogP contribution in [0, 0.1) is 0 Å². The minimum absolute atomic E-state index is 0.0840. The summed E-state index contributed by atoms with van der Waals surface area (Å²) in [6, 6.07) is 6.31. The predicted octanol–water partition coefficient (Wildman–Crippen LogP) is 3.10. The number of aryl methyl sites for hydroxylation is 1. The molecular weight excluding hydrogens is 200 g/mol. The van der Waals surface area contributed by atoms with E-state index < -0.39 is 5.97 Å². The van der Waals surface area contributed by atoms with Crippen LogP contribution in [-0.4, -0.2) is 11.1 Å². The lowest BCUT2D eigenvalue weighted by atomic mass is 9.84. The predicted molar refractivity (Wildman–Crippen MR) is 63.8 cm³/mol. The number of benzene rings is 1. The van der Waals surface area contributed by atoms with Crippen molar-refractivity contribution in [3.05, 3.63) is 34.9 Å². The van der Waals surface area contributed by atoms with E-state index in [2.05, 4.69) is 39.0 Å². The Bertz CT molecular complexity index is 427. The second-order valence-electron chi connectivity index (χ2n) is 5.59. The molecule has 0 heterocycles. The third-order valence-corrected chi connectivity index (χ3v) is 3.39. The van der Waals surface area contributed by atoms with Crippen LogP contribution >= 0.6 is 0 Å². The van der Waals surface area contributed by atoms with E-state index in [1.165, 1.54) is 11.1 Å². The fourth-order valence-corrected chi connectivity index (χ4v) is 2.33. The summed E-state index contributed by atoms with van der Waals surface area (Å²) in [5, 5.41) is 9.15. The standard InChI is InChI=1S/C14H18O2/c1-14(2,3)10-6-4-9-5-7-11(13(15)16)12(9)8-10/h4,6,8,11H,5,7H2,1-3H3,(H,15,16). The zero-order chi connectivity index (χ0) is 11.9. The van der Waals surface area contributed by atoms with E-state index in [0.29, 0.717) is 0 Å². The Balaban J connectivity index is 2.45. The SMILES string of the molecule is CC(C)(C)c1ccc2c(c1)C(C(=O)O)CC2. The Labute approximate surface area is 96.3 Å². The molecule has 1 aliphatic rings. The van der Waals surface area contributed by atoms with Gasteiger partial charge in [0.1, 0.15) is 0 Å². The van der Waals surface area contributed by atoms with Crippen molar-refractivity contribution in [2.45, 2.75) is 44.9 Å². The first-order valence-corrected chi connectivity index (χ1v) is 5.75. The number of hydrogen-bond donors (Lipinski definition) is 1. The molecule has 16 heavy (non-hydrogen) atoms. The summed E-state index contributed by atoms with van der Waals surface area (Å²) in [7, 11) is 0. The van der Waals surface area contributed by atoms with Gasteiger partial charge in [-0.1, -0.05) is 39.0 Å². The molecule has 1 aromatic carbocycles. The van der Waals surface area contributed by atoms with E-state index in [4.69, 9.17) is 5.11 Å². The zero-order valence-electron chi connectivity index (χ0n) is 10.1. The Morgan fingerprint density at radius 2 is 2.06 bits per heavy atom. The van der Waals surface area contributed by atoms with Crippen LogP contribution in [0.25, 0.3) is 0 Å². The van der Waals surface area contributed by atoms with Crippen LogP contribution in [0.2, 0.25) is 0 Å². The normalized spacial score (nSPS) is 19.6. The number of rotatable bonds is 1. The van der Waals surface area contributed by atoms with Gasteiger partial charge >= 0.3 is 5.97 Å². The van der Waals surface area contributed by atoms with Crippen molar-refractivity contribution in [3.8, 4) is 0 Å². The van der Waals surface area contributed by atoms with Crippen LogP contribution in [-0.2, 0) is 16.6 Å². The van der Waals surface area contributed by atoms with E-state index in [1.54, 1.807) is 0 Å². The number of carbonyl (C=O) groups is 1. The summed E-state index contributed by atoms with van der Waals surface area (Å²) >= 11 is 0. The summed E-state index contributed by atoms with van der Waals surface area (Å²) in [5.41, 5.74) is 3.54. The van der Waals surface area contributed by atoms with E-state index in [1.807, 2.05) is 0 Å². The Morgan fingerprint density at radius 1 is 1.38 bits per heavy atom. The highest BCUT2D eigenvalue weighted by molar-refractivity contribution is 5.78. The average Bonchev–Trinajstić information content (AvgIpc) is 2.58. The van der Waals surface area contributed by atoms with Crippen molar-refractivity contribution < 1.29 is 9.90 Å². The number of carboxylic acid groups (broad SMARTS) is 1. The fourth-order valence-electron chi connectivity index (χ4n) is 2.33. The summed E-state index contributed by atoms with van der Waals surface area (Å²) in [5.74, 6) is -0.984. The molecule has 0 saturated carbocycles. The maximum Gasteiger partial charge on any atom is 0.310 e. The molecule has 0 fully saturated rings. The molecule has 0 amide bonds. The van der Waals surface area contributed by atoms with E-state index in [0.717, 1.165) is 18.4 Å². The smallest absolute Gasteiger partial charge is 0.310 e. The van der Waals surface area contributed by atoms with Crippen LogP contribution in [0.3, 0.4) is 0 Å². The highest BCUT2D eigenvalue weighted by atomic mass is 16.4. The minimum atomic E-state index is -0.690. The molecule has 0 aliphatic heterocycles. The molecule has 0 spiro atoms. The molecule has 2 heteroatoms. The molecule has 2 rings (SSSR count). The molecular formula is C14H18O2. The van der Waals surface area contributed by atoms with Crippen LogP contribution < -0.4 is 0 Å². The van der Waals surface area contributed by atoms with Gasteiger partial charge in [0.15, 0.2) is 0 Å². The molecule has 1 aliphatic carbocycles. The molecule has 0 bridgehead atoms. The zero-order valence-corrected chi connectivity index (χ0v) is 10.1. The Kier molecular flexibility index (Phi) is 2.53. The van der Waals surface area contributed by atoms with Crippen LogP contribution in [0.15, 0.2) is 18.2 Å². The Morgan fingerprint density at radius 3 is 2.62 bits per heavy atom. The monoisotopic (exact) mass is 218 g/mol. The van der Waals surface area contributed by atoms with Gasteiger partial charge in [-0.05, 0) is 34.9 Å². The minimum Gasteiger partial charge on any atom is -0.481 e. The van der Waals surface area contributed by atoms with Gasteiger partial charge in [-0.25, -0.2) is 0 Å². The summed E-state index contributed by atoms with van der Waals surface area (Å²) in [6.45, 7) is 6.46. The molecule has 86 valence electrons. The largest absolute Gasteiger partial charge is 0.481 e. The maximum atomic E-state index is 11.1. The van der Waals surface area contributed by atoms with Crippen molar-refractivity contribution in [2.24, 2.45) is 0 Å². The Hall–Kier alpha value is -1.31. The second kappa shape index (κ2) is 3.62. The third kappa shape index (κ3) is 1.84. The van der Waals surface area contributed by atoms with Crippen molar-refractivity contribution in [1.82, 2.24) is 0 Å². The van der Waals surface area contributed by atoms with Gasteiger partial charge in [-0.15, -0.1) is 0 Å². The van der Waals surface area contributed by atoms with Gasteiger partial charge in [-0.3, -0.25) is 4.79 Å². The molecule has 1 aromatic rings. The number of aliphatic carboxylic acids is 1. The second-order valence-corrected chi connectivity index (χ2v) is 5.59. The van der Waals surface area contributed by atoms with Gasteiger partial charge in [0.25, 0.3) is 0 Å². The van der Waals surface area contributed by atoms with Gasteiger partial charge < -0.3 is 5.11 Å². The van der Waals surface area contributed by atoms with Gasteiger partial charge in [0.2, 0.25) is 0 Å². The first kappa shape index (κ1) is 11.2. The lowest BCUT2D eigenvalue weighted by molar-refractivity contribution is -0.138. The number of fused-ring (bicyclic) bond motifs is 1. The van der Waals surface area contributed by atoms with Crippen LogP contribution in [0.4, 0.5) is 0 Å². The average molecular weight is 218 g/mol. The molecule has 1 unspecified atom stereocenters. The van der Waals surface area contributed by atoms with Crippen LogP contribution in [0.1, 0.15) is 49.8 Å². The first-order chi connectivity index (χ1) is 7.39.